The van der Waals surface area contributed by atoms with Crippen LogP contribution in [0.1, 0.15) is 30.3 Å². The summed E-state index contributed by atoms with van der Waals surface area (Å²) in [4.78, 5) is 9.87. The second-order valence-corrected chi connectivity index (χ2v) is 6.99. The van der Waals surface area contributed by atoms with Crippen LogP contribution in [-0.2, 0) is 19.2 Å². The molecule has 1 unspecified atom stereocenters. The molecule has 0 aliphatic rings. The van der Waals surface area contributed by atoms with Crippen molar-refractivity contribution in [2.24, 2.45) is 12.0 Å². The number of aryl methyl sites for hydroxylation is 2. The topological polar surface area (TPSA) is 65.7 Å². The van der Waals surface area contributed by atoms with E-state index in [2.05, 4.69) is 15.3 Å². The first-order valence-corrected chi connectivity index (χ1v) is 9.41. The highest BCUT2D eigenvalue weighted by Gasteiger charge is 2.57. The molecule has 1 aromatic carbocycles. The largest absolute Gasteiger partial charge is 0.424 e. The van der Waals surface area contributed by atoms with E-state index in [-0.39, 0.29) is 6.54 Å². The zero-order valence-electron chi connectivity index (χ0n) is 17.2. The quantitative estimate of drug-likeness (QED) is 0.543. The Kier molecular flexibility index (Phi) is 7.29. The summed E-state index contributed by atoms with van der Waals surface area (Å²) in [6.07, 6.45) is -2.90. The molecule has 0 saturated carbocycles. The molecule has 0 aliphatic heterocycles. The van der Waals surface area contributed by atoms with Crippen LogP contribution in [0.4, 0.5) is 13.2 Å². The van der Waals surface area contributed by atoms with E-state index in [4.69, 9.17) is 0 Å². The molecule has 2 N–H and O–H groups in total. The Balaban J connectivity index is 2.18. The fourth-order valence-corrected chi connectivity index (χ4v) is 3.06. The Morgan fingerprint density at radius 3 is 2.55 bits per heavy atom. The molecule has 0 bridgehead atoms. The third-order valence-electron chi connectivity index (χ3n) is 4.76. The number of halogens is 3. The average molecular weight is 411 g/mol. The highest BCUT2D eigenvalue weighted by atomic mass is 19.4. The van der Waals surface area contributed by atoms with E-state index in [0.717, 1.165) is 11.1 Å². The third-order valence-corrected chi connectivity index (χ3v) is 4.76. The van der Waals surface area contributed by atoms with Gasteiger partial charge in [0.2, 0.25) is 5.60 Å². The lowest BCUT2D eigenvalue weighted by atomic mass is 9.98. The van der Waals surface area contributed by atoms with Gasteiger partial charge >= 0.3 is 6.18 Å². The summed E-state index contributed by atoms with van der Waals surface area (Å²) in [5, 5.41) is 13.5. The predicted octanol–water partition coefficient (Wildman–Crippen LogP) is 2.97. The van der Waals surface area contributed by atoms with Crippen LogP contribution in [0.25, 0.3) is 0 Å². The first kappa shape index (κ1) is 22.7. The van der Waals surface area contributed by atoms with Gasteiger partial charge in [-0.25, -0.2) is 4.98 Å². The molecule has 29 heavy (non-hydrogen) atoms. The fraction of sp³-hybridized carbons (Fsp3) is 0.500. The number of hydrogen-bond acceptors (Lipinski definition) is 3. The van der Waals surface area contributed by atoms with Crippen LogP contribution in [0.5, 0.6) is 0 Å². The monoisotopic (exact) mass is 411 g/mol. The molecule has 1 heterocycles. The van der Waals surface area contributed by atoms with Gasteiger partial charge in [-0.05, 0) is 25.0 Å². The SMILES string of the molecule is CCNC(=NCCC(O)(c1nccn1C)C(F)(F)F)N(C)Cc1ccccc1C. The number of hydrogen-bond donors (Lipinski definition) is 2. The summed E-state index contributed by atoms with van der Waals surface area (Å²) in [7, 11) is 3.24. The van der Waals surface area contributed by atoms with Gasteiger partial charge in [-0.1, -0.05) is 24.3 Å². The van der Waals surface area contributed by atoms with Crippen molar-refractivity contribution in [3.63, 3.8) is 0 Å². The zero-order chi connectivity index (χ0) is 21.7. The van der Waals surface area contributed by atoms with E-state index in [1.165, 1.54) is 24.0 Å². The second kappa shape index (κ2) is 9.30. The lowest BCUT2D eigenvalue weighted by molar-refractivity contribution is -0.272. The van der Waals surface area contributed by atoms with Crippen LogP contribution in [-0.4, -0.2) is 51.8 Å². The third kappa shape index (κ3) is 5.29. The number of aliphatic hydroxyl groups is 1. The molecule has 0 spiro atoms. The van der Waals surface area contributed by atoms with Gasteiger partial charge in [0.05, 0.1) is 0 Å². The summed E-state index contributed by atoms with van der Waals surface area (Å²) in [5.74, 6) is 0.0265. The molecule has 0 radical (unpaired) electrons. The summed E-state index contributed by atoms with van der Waals surface area (Å²) in [5.41, 5.74) is -0.849. The highest BCUT2D eigenvalue weighted by Crippen LogP contribution is 2.40. The number of guanidine groups is 1. The number of aromatic nitrogens is 2. The number of nitrogens with one attached hydrogen (secondary N) is 1. The minimum atomic E-state index is -4.87. The van der Waals surface area contributed by atoms with Gasteiger partial charge < -0.3 is 19.9 Å². The van der Waals surface area contributed by atoms with Crippen molar-refractivity contribution in [3.8, 4) is 0 Å². The van der Waals surface area contributed by atoms with Crippen LogP contribution in [0.2, 0.25) is 0 Å². The lowest BCUT2D eigenvalue weighted by Gasteiger charge is -2.29. The molecule has 6 nitrogen and oxygen atoms in total. The van der Waals surface area contributed by atoms with Crippen molar-refractivity contribution in [1.82, 2.24) is 19.8 Å². The van der Waals surface area contributed by atoms with Crippen molar-refractivity contribution in [1.29, 1.82) is 0 Å². The maximum Gasteiger partial charge on any atom is 0.424 e. The molecule has 0 fully saturated rings. The number of nitrogens with zero attached hydrogens (tertiary/aromatic N) is 4. The van der Waals surface area contributed by atoms with Gasteiger partial charge in [0.1, 0.15) is 5.82 Å². The van der Waals surface area contributed by atoms with Crippen LogP contribution < -0.4 is 5.32 Å². The van der Waals surface area contributed by atoms with E-state index >= 15 is 0 Å². The maximum atomic E-state index is 13.6. The molecule has 2 rings (SSSR count). The average Bonchev–Trinajstić information content (AvgIpc) is 3.08. The molecule has 2 aromatic rings. The first-order valence-electron chi connectivity index (χ1n) is 9.41. The Bertz CT molecular complexity index is 834. The van der Waals surface area contributed by atoms with Crippen molar-refractivity contribution in [2.75, 3.05) is 20.1 Å². The normalized spacial score (nSPS) is 14.6. The molecular formula is C20H28F3N5O. The smallest absolute Gasteiger partial charge is 0.374 e. The van der Waals surface area contributed by atoms with Gasteiger partial charge in [-0.2, -0.15) is 13.2 Å². The number of imidazole rings is 1. The molecule has 1 atom stereocenters. The molecule has 0 amide bonds. The Morgan fingerprint density at radius 2 is 2.00 bits per heavy atom. The van der Waals surface area contributed by atoms with Crippen molar-refractivity contribution < 1.29 is 18.3 Å². The van der Waals surface area contributed by atoms with Crippen LogP contribution in [0, 0.1) is 6.92 Å². The predicted molar refractivity (Wildman–Crippen MR) is 106 cm³/mol. The molecule has 0 aliphatic carbocycles. The van der Waals surface area contributed by atoms with E-state index in [1.807, 2.05) is 50.1 Å². The standard InChI is InChI=1S/C20H28F3N5O/c1-5-24-18(28(4)14-16-9-7-6-8-15(16)2)26-11-10-19(29,20(21,22)23)17-25-12-13-27(17)3/h6-9,12-13,29H,5,10-11,14H2,1-4H3,(H,24,26). The summed E-state index contributed by atoms with van der Waals surface area (Å²) >= 11 is 0. The number of benzene rings is 1. The number of aliphatic imine (C=N–C) groups is 1. The summed E-state index contributed by atoms with van der Waals surface area (Å²) < 4.78 is 42.1. The van der Waals surface area contributed by atoms with Gasteiger partial charge in [0.25, 0.3) is 0 Å². The molecule has 9 heteroatoms. The fourth-order valence-electron chi connectivity index (χ4n) is 3.06. The minimum Gasteiger partial charge on any atom is -0.374 e. The summed E-state index contributed by atoms with van der Waals surface area (Å²) in [6.45, 7) is 4.80. The van der Waals surface area contributed by atoms with Crippen molar-refractivity contribution in [3.05, 3.63) is 53.6 Å². The molecule has 1 aromatic heterocycles. The van der Waals surface area contributed by atoms with Crippen molar-refractivity contribution in [2.45, 2.75) is 38.6 Å². The maximum absolute atomic E-state index is 13.6. The lowest BCUT2D eigenvalue weighted by Crippen LogP contribution is -2.45. The van der Waals surface area contributed by atoms with Crippen LogP contribution in [0.3, 0.4) is 0 Å². The van der Waals surface area contributed by atoms with Crippen LogP contribution >= 0.6 is 0 Å². The minimum absolute atomic E-state index is 0.219. The van der Waals surface area contributed by atoms with Crippen molar-refractivity contribution >= 4 is 5.96 Å². The van der Waals surface area contributed by atoms with E-state index < -0.39 is 24.0 Å². The second-order valence-electron chi connectivity index (χ2n) is 6.99. The molecule has 0 saturated heterocycles. The van der Waals surface area contributed by atoms with Gasteiger partial charge in [-0.3, -0.25) is 4.99 Å². The number of rotatable bonds is 7. The van der Waals surface area contributed by atoms with Gasteiger partial charge in [0.15, 0.2) is 5.96 Å². The Morgan fingerprint density at radius 1 is 1.31 bits per heavy atom. The van der Waals surface area contributed by atoms with E-state index in [1.54, 1.807) is 0 Å². The Labute approximate surface area is 169 Å². The Hall–Kier alpha value is -2.55. The summed E-state index contributed by atoms with van der Waals surface area (Å²) in [6, 6.07) is 7.90. The molecular weight excluding hydrogens is 383 g/mol. The first-order chi connectivity index (χ1) is 13.6. The van der Waals surface area contributed by atoms with E-state index in [9.17, 15) is 18.3 Å². The van der Waals surface area contributed by atoms with Gasteiger partial charge in [0, 0.05) is 52.5 Å². The van der Waals surface area contributed by atoms with Crippen LogP contribution in [0.15, 0.2) is 41.7 Å². The molecule has 160 valence electrons. The van der Waals surface area contributed by atoms with Gasteiger partial charge in [-0.15, -0.1) is 0 Å². The van der Waals surface area contributed by atoms with E-state index in [0.29, 0.717) is 19.0 Å². The number of alkyl halides is 3. The zero-order valence-corrected chi connectivity index (χ0v) is 17.2. The highest BCUT2D eigenvalue weighted by molar-refractivity contribution is 5.79.